The van der Waals surface area contributed by atoms with E-state index in [1.54, 1.807) is 0 Å². The largest absolute Gasteiger partial charge is 0.494 e. The van der Waals surface area contributed by atoms with Crippen LogP contribution in [0, 0.1) is 0 Å². The number of esters is 1. The monoisotopic (exact) mass is 381 g/mol. The molecule has 0 aliphatic carbocycles. The minimum Gasteiger partial charge on any atom is -0.494 e. The van der Waals surface area contributed by atoms with E-state index >= 15 is 0 Å². The summed E-state index contributed by atoms with van der Waals surface area (Å²) >= 11 is 0. The first-order valence-electron chi connectivity index (χ1n) is 9.09. The second-order valence-corrected chi connectivity index (χ2v) is 6.42. The molecule has 0 fully saturated rings. The summed E-state index contributed by atoms with van der Waals surface area (Å²) in [5.41, 5.74) is 8.15. The van der Waals surface area contributed by atoms with Crippen LogP contribution in [0.5, 0.6) is 5.75 Å². The molecule has 2 aromatic carbocycles. The highest BCUT2D eigenvalue weighted by Crippen LogP contribution is 2.32. The predicted octanol–water partition coefficient (Wildman–Crippen LogP) is 3.25. The number of methoxy groups -OCH3 is 1. The lowest BCUT2D eigenvalue weighted by atomic mass is 9.98. The second-order valence-electron chi connectivity index (χ2n) is 6.42. The minimum atomic E-state index is -0.584. The average Bonchev–Trinajstić information content (AvgIpc) is 3.18. The molecule has 0 saturated carbocycles. The standard InChI is InChI=1S/C21H23N3O4/c1-27-20(25)11-6-12-28-17-10-5-9-16(13-17)18-14-19(24(23-18)21(22)26)15-7-3-2-4-8-15/h2-5,7-10,13,19H,6,11-12,14H2,1H3,(H2,22,26). The third-order valence-electron chi connectivity index (χ3n) is 4.51. The maximum atomic E-state index is 11.9. The molecule has 1 unspecified atom stereocenters. The van der Waals surface area contributed by atoms with E-state index < -0.39 is 6.03 Å². The van der Waals surface area contributed by atoms with Gasteiger partial charge in [-0.3, -0.25) is 4.79 Å². The second kappa shape index (κ2) is 9.03. The molecule has 7 nitrogen and oxygen atoms in total. The Bertz CT molecular complexity index is 867. The van der Waals surface area contributed by atoms with Gasteiger partial charge in [0.1, 0.15) is 5.75 Å². The smallest absolute Gasteiger partial charge is 0.335 e. The molecule has 0 aromatic heterocycles. The Kier molecular flexibility index (Phi) is 6.26. The fourth-order valence-corrected chi connectivity index (χ4v) is 3.10. The van der Waals surface area contributed by atoms with Crippen LogP contribution in [-0.2, 0) is 9.53 Å². The Morgan fingerprint density at radius 1 is 1.18 bits per heavy atom. The number of urea groups is 1. The number of carbonyl (C=O) groups excluding carboxylic acids is 2. The molecule has 2 amide bonds. The first-order chi connectivity index (χ1) is 13.6. The third-order valence-corrected chi connectivity index (χ3v) is 4.51. The Balaban J connectivity index is 1.70. The lowest BCUT2D eigenvalue weighted by molar-refractivity contribution is -0.140. The van der Waals surface area contributed by atoms with Gasteiger partial charge >= 0.3 is 12.0 Å². The van der Waals surface area contributed by atoms with Crippen LogP contribution in [0.15, 0.2) is 59.7 Å². The average molecular weight is 381 g/mol. The normalized spacial score (nSPS) is 15.8. The fraction of sp³-hybridized carbons (Fsp3) is 0.286. The Hall–Kier alpha value is -3.35. The van der Waals surface area contributed by atoms with Gasteiger partial charge in [-0.25, -0.2) is 9.80 Å². The molecule has 0 bridgehead atoms. The van der Waals surface area contributed by atoms with E-state index in [2.05, 4.69) is 9.84 Å². The van der Waals surface area contributed by atoms with E-state index in [4.69, 9.17) is 10.5 Å². The van der Waals surface area contributed by atoms with E-state index in [0.29, 0.717) is 31.6 Å². The maximum absolute atomic E-state index is 11.9. The van der Waals surface area contributed by atoms with Gasteiger partial charge in [0.2, 0.25) is 0 Å². The molecule has 0 radical (unpaired) electrons. The number of ether oxygens (including phenoxy) is 2. The first-order valence-corrected chi connectivity index (χ1v) is 9.09. The molecule has 1 aliphatic heterocycles. The van der Waals surface area contributed by atoms with E-state index in [1.165, 1.54) is 12.1 Å². The van der Waals surface area contributed by atoms with Gasteiger partial charge in [-0.15, -0.1) is 0 Å². The summed E-state index contributed by atoms with van der Waals surface area (Å²) in [5.74, 6) is 0.426. The predicted molar refractivity (Wildman–Crippen MR) is 105 cm³/mol. The van der Waals surface area contributed by atoms with Crippen molar-refractivity contribution in [3.05, 3.63) is 65.7 Å². The zero-order valence-electron chi connectivity index (χ0n) is 15.7. The van der Waals surface area contributed by atoms with E-state index in [0.717, 1.165) is 16.8 Å². The van der Waals surface area contributed by atoms with Crippen molar-refractivity contribution in [3.63, 3.8) is 0 Å². The molecule has 1 aliphatic rings. The van der Waals surface area contributed by atoms with Gasteiger partial charge < -0.3 is 15.2 Å². The summed E-state index contributed by atoms with van der Waals surface area (Å²) in [7, 11) is 1.37. The molecule has 0 spiro atoms. The molecular weight excluding hydrogens is 358 g/mol. The van der Waals surface area contributed by atoms with Crippen LogP contribution in [-0.4, -0.2) is 36.4 Å². The number of nitrogens with zero attached hydrogens (tertiary/aromatic N) is 2. The van der Waals surface area contributed by atoms with Crippen LogP contribution in [0.1, 0.15) is 36.4 Å². The Morgan fingerprint density at radius 3 is 2.68 bits per heavy atom. The molecule has 2 N–H and O–H groups in total. The van der Waals surface area contributed by atoms with Gasteiger partial charge in [-0.1, -0.05) is 42.5 Å². The topological polar surface area (TPSA) is 94.2 Å². The van der Waals surface area contributed by atoms with Gasteiger partial charge in [0, 0.05) is 18.4 Å². The van der Waals surface area contributed by atoms with Crippen LogP contribution in [0.3, 0.4) is 0 Å². The molecule has 146 valence electrons. The van der Waals surface area contributed by atoms with Gasteiger partial charge in [-0.05, 0) is 24.1 Å². The number of rotatable bonds is 7. The summed E-state index contributed by atoms with van der Waals surface area (Å²) < 4.78 is 10.3. The number of benzene rings is 2. The van der Waals surface area contributed by atoms with Gasteiger partial charge in [0.25, 0.3) is 0 Å². The maximum Gasteiger partial charge on any atom is 0.335 e. The Morgan fingerprint density at radius 2 is 1.96 bits per heavy atom. The molecule has 7 heteroatoms. The lowest BCUT2D eigenvalue weighted by Crippen LogP contribution is -2.31. The molecular formula is C21H23N3O4. The summed E-state index contributed by atoms with van der Waals surface area (Å²) in [6.07, 6.45) is 1.46. The summed E-state index contributed by atoms with van der Waals surface area (Å²) in [6, 6.07) is 16.4. The van der Waals surface area contributed by atoms with Crippen molar-refractivity contribution >= 4 is 17.7 Å². The first kappa shape index (κ1) is 19.4. The quantitative estimate of drug-likeness (QED) is 0.588. The van der Waals surface area contributed by atoms with Crippen molar-refractivity contribution < 1.29 is 19.1 Å². The summed E-state index contributed by atoms with van der Waals surface area (Å²) in [5, 5.41) is 5.77. The SMILES string of the molecule is COC(=O)CCCOc1cccc(C2=NN(C(N)=O)C(c3ccccc3)C2)c1. The van der Waals surface area contributed by atoms with Crippen LogP contribution in [0.25, 0.3) is 0 Å². The van der Waals surface area contributed by atoms with Gasteiger partial charge in [-0.2, -0.15) is 5.10 Å². The van der Waals surface area contributed by atoms with Crippen LogP contribution in [0.2, 0.25) is 0 Å². The van der Waals surface area contributed by atoms with Gasteiger partial charge in [0.15, 0.2) is 0 Å². The number of hydrazone groups is 1. The molecule has 0 saturated heterocycles. The number of hydrogen-bond acceptors (Lipinski definition) is 5. The molecule has 1 atom stereocenters. The van der Waals surface area contributed by atoms with Crippen molar-refractivity contribution in [2.24, 2.45) is 10.8 Å². The molecule has 28 heavy (non-hydrogen) atoms. The summed E-state index contributed by atoms with van der Waals surface area (Å²) in [4.78, 5) is 23.0. The molecule has 3 rings (SSSR count). The summed E-state index contributed by atoms with van der Waals surface area (Å²) in [6.45, 7) is 0.408. The van der Waals surface area contributed by atoms with Crippen molar-refractivity contribution in [1.82, 2.24) is 5.01 Å². The van der Waals surface area contributed by atoms with Crippen molar-refractivity contribution in [2.45, 2.75) is 25.3 Å². The number of nitrogens with two attached hydrogens (primary N) is 1. The Labute approximate surface area is 163 Å². The van der Waals surface area contributed by atoms with Crippen molar-refractivity contribution in [2.75, 3.05) is 13.7 Å². The number of carbonyl (C=O) groups is 2. The molecule has 2 aromatic rings. The highest BCUT2D eigenvalue weighted by molar-refractivity contribution is 6.03. The van der Waals surface area contributed by atoms with Crippen LogP contribution >= 0.6 is 0 Å². The van der Waals surface area contributed by atoms with E-state index in [1.807, 2.05) is 54.6 Å². The lowest BCUT2D eigenvalue weighted by Gasteiger charge is -2.19. The highest BCUT2D eigenvalue weighted by atomic mass is 16.5. The highest BCUT2D eigenvalue weighted by Gasteiger charge is 2.31. The third kappa shape index (κ3) is 4.68. The van der Waals surface area contributed by atoms with E-state index in [-0.39, 0.29) is 12.0 Å². The minimum absolute atomic E-state index is 0.224. The number of amides is 2. The van der Waals surface area contributed by atoms with Crippen molar-refractivity contribution in [1.29, 1.82) is 0 Å². The zero-order valence-corrected chi connectivity index (χ0v) is 15.7. The zero-order chi connectivity index (χ0) is 19.9. The van der Waals surface area contributed by atoms with Crippen molar-refractivity contribution in [3.8, 4) is 5.75 Å². The van der Waals surface area contributed by atoms with Gasteiger partial charge in [0.05, 0.1) is 25.5 Å². The van der Waals surface area contributed by atoms with Crippen LogP contribution in [0.4, 0.5) is 4.79 Å². The molecule has 1 heterocycles. The number of hydrogen-bond donors (Lipinski definition) is 1. The fourth-order valence-electron chi connectivity index (χ4n) is 3.10. The van der Waals surface area contributed by atoms with E-state index in [9.17, 15) is 9.59 Å². The van der Waals surface area contributed by atoms with Crippen LogP contribution < -0.4 is 10.5 Å². The number of primary amides is 1.